The Hall–Kier alpha value is -3.58. The summed E-state index contributed by atoms with van der Waals surface area (Å²) in [5.74, 6) is 1.14. The predicted molar refractivity (Wildman–Crippen MR) is 137 cm³/mol. The molecule has 0 saturated carbocycles. The number of methoxy groups -OCH3 is 1. The molecule has 0 atom stereocenters. The van der Waals surface area contributed by atoms with E-state index in [0.29, 0.717) is 45.4 Å². The van der Waals surface area contributed by atoms with Crippen molar-refractivity contribution in [1.29, 1.82) is 0 Å². The molecular weight excluding hydrogens is 446 g/mol. The number of hydrogen-bond acceptors (Lipinski definition) is 5. The van der Waals surface area contributed by atoms with Gasteiger partial charge in [0.1, 0.15) is 5.75 Å². The monoisotopic (exact) mass is 473 g/mol. The lowest BCUT2D eigenvalue weighted by Gasteiger charge is -2.15. The second kappa shape index (κ2) is 10.6. The average Bonchev–Trinajstić information content (AvgIpc) is 2.85. The molecule has 6 nitrogen and oxygen atoms in total. The zero-order valence-corrected chi connectivity index (χ0v) is 20.3. The molecule has 0 bridgehead atoms. The molecule has 4 rings (SSSR count). The zero-order valence-electron chi connectivity index (χ0n) is 19.5. The van der Waals surface area contributed by atoms with E-state index in [1.165, 1.54) is 17.3 Å². The molecule has 0 aliphatic carbocycles. The molecule has 1 N–H and O–H groups in total. The highest BCUT2D eigenvalue weighted by Gasteiger charge is 2.16. The number of benzene rings is 3. The average molecular weight is 474 g/mol. The summed E-state index contributed by atoms with van der Waals surface area (Å²) in [4.78, 5) is 30.9. The summed E-state index contributed by atoms with van der Waals surface area (Å²) in [5, 5.41) is 3.88. The van der Waals surface area contributed by atoms with E-state index in [2.05, 4.69) is 30.4 Å². The highest BCUT2D eigenvalue weighted by atomic mass is 32.2. The molecule has 0 spiro atoms. The van der Waals surface area contributed by atoms with Gasteiger partial charge in [0.2, 0.25) is 0 Å². The maximum Gasteiger partial charge on any atom is 0.266 e. The van der Waals surface area contributed by atoms with Crippen molar-refractivity contribution in [3.8, 4) is 11.4 Å². The number of aromatic nitrogens is 2. The molecule has 4 aromatic rings. The molecule has 0 unspecified atom stereocenters. The third-order valence-corrected chi connectivity index (χ3v) is 6.41. The van der Waals surface area contributed by atoms with E-state index in [0.717, 1.165) is 12.0 Å². The lowest BCUT2D eigenvalue weighted by atomic mass is 10.1. The number of rotatable bonds is 8. The largest absolute Gasteiger partial charge is 0.497 e. The minimum atomic E-state index is -0.189. The van der Waals surface area contributed by atoms with Gasteiger partial charge >= 0.3 is 0 Å². The second-order valence-corrected chi connectivity index (χ2v) is 8.94. The SMILES string of the molecule is CCCNC(=O)c1ccc2c(=O)n(-c3cccc(OC)c3)c(SCc3cccc(C)c3)nc2c1. The molecule has 1 heterocycles. The first-order valence-electron chi connectivity index (χ1n) is 11.2. The van der Waals surface area contributed by atoms with Crippen LogP contribution in [0.25, 0.3) is 16.6 Å². The van der Waals surface area contributed by atoms with Crippen molar-refractivity contribution >= 4 is 28.6 Å². The Kier molecular flexibility index (Phi) is 7.33. The Morgan fingerprint density at radius 1 is 1.09 bits per heavy atom. The number of nitrogens with zero attached hydrogens (tertiary/aromatic N) is 2. The highest BCUT2D eigenvalue weighted by Crippen LogP contribution is 2.26. The van der Waals surface area contributed by atoms with Crippen LogP contribution < -0.4 is 15.6 Å². The number of nitrogens with one attached hydrogen (secondary N) is 1. The van der Waals surface area contributed by atoms with E-state index in [4.69, 9.17) is 9.72 Å². The van der Waals surface area contributed by atoms with Crippen LogP contribution in [0.5, 0.6) is 5.75 Å². The number of thioether (sulfide) groups is 1. The fourth-order valence-corrected chi connectivity index (χ4v) is 4.63. The van der Waals surface area contributed by atoms with Crippen molar-refractivity contribution in [3.63, 3.8) is 0 Å². The van der Waals surface area contributed by atoms with E-state index in [9.17, 15) is 9.59 Å². The Morgan fingerprint density at radius 2 is 1.91 bits per heavy atom. The predicted octanol–water partition coefficient (Wildman–Crippen LogP) is 5.13. The molecule has 0 saturated heterocycles. The molecule has 0 aliphatic heterocycles. The summed E-state index contributed by atoms with van der Waals surface area (Å²) in [6.07, 6.45) is 0.850. The van der Waals surface area contributed by atoms with Crippen LogP contribution in [-0.2, 0) is 5.75 Å². The van der Waals surface area contributed by atoms with Gasteiger partial charge in [0.05, 0.1) is 23.7 Å². The minimum Gasteiger partial charge on any atom is -0.497 e. The minimum absolute atomic E-state index is 0.170. The van der Waals surface area contributed by atoms with E-state index in [-0.39, 0.29) is 11.5 Å². The molecule has 34 heavy (non-hydrogen) atoms. The summed E-state index contributed by atoms with van der Waals surface area (Å²) in [7, 11) is 1.60. The molecule has 3 aromatic carbocycles. The van der Waals surface area contributed by atoms with Crippen molar-refractivity contribution in [2.75, 3.05) is 13.7 Å². The van der Waals surface area contributed by atoms with Crippen molar-refractivity contribution in [3.05, 3.63) is 93.8 Å². The number of carbonyl (C=O) groups is 1. The standard InChI is InChI=1S/C27H27N3O3S/c1-4-13-28-25(31)20-11-12-23-24(15-20)29-27(34-17-19-8-5-7-18(2)14-19)30(26(23)32)21-9-6-10-22(16-21)33-3/h5-12,14-16H,4,13,17H2,1-3H3,(H,28,31). The maximum absolute atomic E-state index is 13.6. The number of hydrogen-bond donors (Lipinski definition) is 1. The van der Waals surface area contributed by atoms with Crippen LogP contribution in [0.4, 0.5) is 0 Å². The third-order valence-electron chi connectivity index (χ3n) is 5.40. The summed E-state index contributed by atoms with van der Waals surface area (Å²) >= 11 is 1.48. The molecule has 0 fully saturated rings. The van der Waals surface area contributed by atoms with Gasteiger partial charge in [-0.05, 0) is 49.2 Å². The Labute approximate surface area is 203 Å². The Morgan fingerprint density at radius 3 is 2.68 bits per heavy atom. The van der Waals surface area contributed by atoms with Gasteiger partial charge in [-0.15, -0.1) is 0 Å². The molecule has 0 radical (unpaired) electrons. The van der Waals surface area contributed by atoms with Crippen LogP contribution in [0.3, 0.4) is 0 Å². The van der Waals surface area contributed by atoms with Gasteiger partial charge in [-0.2, -0.15) is 0 Å². The Bertz CT molecular complexity index is 1400. The fourth-order valence-electron chi connectivity index (χ4n) is 3.67. The van der Waals surface area contributed by atoms with Crippen LogP contribution >= 0.6 is 11.8 Å². The Balaban J connectivity index is 1.83. The molecule has 1 amide bonds. The van der Waals surface area contributed by atoms with Crippen molar-refractivity contribution in [2.45, 2.75) is 31.2 Å². The zero-order chi connectivity index (χ0) is 24.1. The summed E-state index contributed by atoms with van der Waals surface area (Å²) in [6.45, 7) is 4.65. The quantitative estimate of drug-likeness (QED) is 0.284. The van der Waals surface area contributed by atoms with Gasteiger partial charge in [-0.25, -0.2) is 4.98 Å². The van der Waals surface area contributed by atoms with Crippen LogP contribution in [-0.4, -0.2) is 29.1 Å². The van der Waals surface area contributed by atoms with Gasteiger partial charge in [0.25, 0.3) is 11.5 Å². The van der Waals surface area contributed by atoms with Crippen LogP contribution in [0.15, 0.2) is 76.7 Å². The topological polar surface area (TPSA) is 73.2 Å². The first-order chi connectivity index (χ1) is 16.5. The fraction of sp³-hybridized carbons (Fsp3) is 0.222. The van der Waals surface area contributed by atoms with Crippen molar-refractivity contribution in [2.24, 2.45) is 0 Å². The molecular formula is C27H27N3O3S. The third kappa shape index (κ3) is 5.15. The summed E-state index contributed by atoms with van der Waals surface area (Å²) in [5.41, 5.74) is 3.80. The van der Waals surface area contributed by atoms with E-state index in [1.807, 2.05) is 37.3 Å². The molecule has 0 aliphatic rings. The van der Waals surface area contributed by atoms with Gasteiger partial charge in [0, 0.05) is 23.9 Å². The van der Waals surface area contributed by atoms with Crippen LogP contribution in [0.1, 0.15) is 34.8 Å². The highest BCUT2D eigenvalue weighted by molar-refractivity contribution is 7.98. The normalized spacial score (nSPS) is 10.9. The van der Waals surface area contributed by atoms with E-state index >= 15 is 0 Å². The number of fused-ring (bicyclic) bond motifs is 1. The van der Waals surface area contributed by atoms with E-state index in [1.54, 1.807) is 29.9 Å². The molecule has 7 heteroatoms. The van der Waals surface area contributed by atoms with Gasteiger partial charge in [-0.3, -0.25) is 14.2 Å². The lowest BCUT2D eigenvalue weighted by molar-refractivity contribution is 0.0954. The smallest absolute Gasteiger partial charge is 0.266 e. The van der Waals surface area contributed by atoms with Crippen molar-refractivity contribution in [1.82, 2.24) is 14.9 Å². The van der Waals surface area contributed by atoms with Gasteiger partial charge in [-0.1, -0.05) is 54.6 Å². The number of carbonyl (C=O) groups excluding carboxylic acids is 1. The van der Waals surface area contributed by atoms with Gasteiger partial charge in [0.15, 0.2) is 5.16 Å². The molecule has 174 valence electrons. The number of amides is 1. The maximum atomic E-state index is 13.6. The number of ether oxygens (including phenoxy) is 1. The molecule has 1 aromatic heterocycles. The summed E-state index contributed by atoms with van der Waals surface area (Å²) in [6, 6.07) is 20.7. The van der Waals surface area contributed by atoms with E-state index < -0.39 is 0 Å². The lowest BCUT2D eigenvalue weighted by Crippen LogP contribution is -2.25. The second-order valence-electron chi connectivity index (χ2n) is 8.00. The van der Waals surface area contributed by atoms with Crippen molar-refractivity contribution < 1.29 is 9.53 Å². The first kappa shape index (κ1) is 23.6. The summed E-state index contributed by atoms with van der Waals surface area (Å²) < 4.78 is 6.99. The van der Waals surface area contributed by atoms with Gasteiger partial charge < -0.3 is 10.1 Å². The van der Waals surface area contributed by atoms with Crippen LogP contribution in [0.2, 0.25) is 0 Å². The first-order valence-corrected chi connectivity index (χ1v) is 12.2. The number of aryl methyl sites for hydroxylation is 1. The van der Waals surface area contributed by atoms with Crippen LogP contribution in [0, 0.1) is 6.92 Å².